The molecule has 2 nitrogen and oxygen atoms in total. The zero-order valence-corrected chi connectivity index (χ0v) is 16.3. The molecule has 0 amide bonds. The van der Waals surface area contributed by atoms with E-state index in [-0.39, 0.29) is 0 Å². The van der Waals surface area contributed by atoms with Crippen molar-refractivity contribution < 1.29 is 0 Å². The predicted octanol–water partition coefficient (Wildman–Crippen LogP) is 5.06. The fourth-order valence-electron chi connectivity index (χ4n) is 2.51. The summed E-state index contributed by atoms with van der Waals surface area (Å²) >= 11 is 6.20. The Kier molecular flexibility index (Phi) is 6.91. The van der Waals surface area contributed by atoms with Gasteiger partial charge in [-0.3, -0.25) is 0 Å². The van der Waals surface area contributed by atoms with Gasteiger partial charge in [0.1, 0.15) is 5.01 Å². The first-order valence-corrected chi connectivity index (χ1v) is 10.9. The molecule has 1 aromatic heterocycles. The molecule has 2 heterocycles. The Morgan fingerprint density at radius 1 is 1.19 bits per heavy atom. The smallest absolute Gasteiger partial charge is 0.107 e. The van der Waals surface area contributed by atoms with Gasteiger partial charge in [0.2, 0.25) is 0 Å². The first-order chi connectivity index (χ1) is 10.0. The molecule has 1 aliphatic rings. The fourth-order valence-corrected chi connectivity index (χ4v) is 7.10. The molecule has 21 heavy (non-hydrogen) atoms. The zero-order valence-electron chi connectivity index (χ0n) is 13.8. The number of aromatic nitrogens is 1. The van der Waals surface area contributed by atoms with Gasteiger partial charge in [0.15, 0.2) is 0 Å². The molecule has 0 bridgehead atoms. The number of thioether (sulfide) groups is 2. The molecule has 5 heteroatoms. The van der Waals surface area contributed by atoms with Crippen molar-refractivity contribution in [1.29, 1.82) is 0 Å². The molecule has 1 saturated heterocycles. The molecule has 120 valence electrons. The van der Waals surface area contributed by atoms with Gasteiger partial charge in [0.05, 0.1) is 10.9 Å². The van der Waals surface area contributed by atoms with Crippen molar-refractivity contribution in [1.82, 2.24) is 10.3 Å². The number of nitrogens with zero attached hydrogens (tertiary/aromatic N) is 1. The standard InChI is InChI=1S/C16H28N2S3/c1-6-12-15(20-8-7-19-12)16-18-14(10(2)3)13(21-16)9-17-11(4)5/h10-12,15,17H,6-9H2,1-5H3. The second-order valence-corrected chi connectivity index (χ2v) is 9.87. The van der Waals surface area contributed by atoms with Crippen LogP contribution in [0.4, 0.5) is 0 Å². The lowest BCUT2D eigenvalue weighted by atomic mass is 10.1. The maximum absolute atomic E-state index is 5.05. The Balaban J connectivity index is 2.21. The first-order valence-electron chi connectivity index (χ1n) is 7.99. The lowest BCUT2D eigenvalue weighted by Gasteiger charge is -2.28. The van der Waals surface area contributed by atoms with Crippen LogP contribution in [-0.4, -0.2) is 27.8 Å². The summed E-state index contributed by atoms with van der Waals surface area (Å²) in [6.07, 6.45) is 1.25. The Morgan fingerprint density at radius 3 is 2.52 bits per heavy atom. The van der Waals surface area contributed by atoms with E-state index in [9.17, 15) is 0 Å². The molecule has 2 unspecified atom stereocenters. The van der Waals surface area contributed by atoms with Crippen LogP contribution in [0.1, 0.15) is 67.8 Å². The molecule has 0 aliphatic carbocycles. The van der Waals surface area contributed by atoms with E-state index in [0.717, 1.165) is 11.8 Å². The molecular formula is C16H28N2S3. The molecule has 1 N–H and O–H groups in total. The number of rotatable bonds is 6. The van der Waals surface area contributed by atoms with E-state index < -0.39 is 0 Å². The highest BCUT2D eigenvalue weighted by molar-refractivity contribution is 8.06. The lowest BCUT2D eigenvalue weighted by Crippen LogP contribution is -2.22. The molecule has 0 aromatic carbocycles. The molecule has 1 fully saturated rings. The summed E-state index contributed by atoms with van der Waals surface area (Å²) < 4.78 is 0. The van der Waals surface area contributed by atoms with E-state index in [1.165, 1.54) is 33.5 Å². The molecule has 0 radical (unpaired) electrons. The van der Waals surface area contributed by atoms with Crippen LogP contribution in [-0.2, 0) is 6.54 Å². The van der Waals surface area contributed by atoms with Crippen molar-refractivity contribution in [3.63, 3.8) is 0 Å². The van der Waals surface area contributed by atoms with Gasteiger partial charge in [-0.05, 0) is 12.3 Å². The van der Waals surface area contributed by atoms with Gasteiger partial charge in [0, 0.05) is 34.2 Å². The Labute approximate surface area is 142 Å². The quantitative estimate of drug-likeness (QED) is 0.779. The number of nitrogens with one attached hydrogen (secondary N) is 1. The van der Waals surface area contributed by atoms with Crippen LogP contribution in [0.2, 0.25) is 0 Å². The van der Waals surface area contributed by atoms with Crippen LogP contribution in [0, 0.1) is 0 Å². The second kappa shape index (κ2) is 8.23. The van der Waals surface area contributed by atoms with Gasteiger partial charge in [-0.15, -0.1) is 23.1 Å². The van der Waals surface area contributed by atoms with E-state index in [0.29, 0.717) is 17.2 Å². The van der Waals surface area contributed by atoms with Crippen LogP contribution in [0.5, 0.6) is 0 Å². The van der Waals surface area contributed by atoms with E-state index in [1.807, 2.05) is 11.3 Å². The summed E-state index contributed by atoms with van der Waals surface area (Å²) in [4.78, 5) is 6.50. The van der Waals surface area contributed by atoms with E-state index in [4.69, 9.17) is 4.98 Å². The monoisotopic (exact) mass is 344 g/mol. The van der Waals surface area contributed by atoms with Gasteiger partial charge >= 0.3 is 0 Å². The van der Waals surface area contributed by atoms with Gasteiger partial charge in [0.25, 0.3) is 0 Å². The van der Waals surface area contributed by atoms with Crippen molar-refractivity contribution in [3.8, 4) is 0 Å². The molecule has 1 aliphatic heterocycles. The van der Waals surface area contributed by atoms with Gasteiger partial charge in [-0.1, -0.05) is 34.6 Å². The van der Waals surface area contributed by atoms with Crippen molar-refractivity contribution in [3.05, 3.63) is 15.6 Å². The summed E-state index contributed by atoms with van der Waals surface area (Å²) in [6, 6.07) is 0.526. The Bertz CT molecular complexity index is 443. The lowest BCUT2D eigenvalue weighted by molar-refractivity contribution is 0.588. The maximum atomic E-state index is 5.05. The van der Waals surface area contributed by atoms with Crippen molar-refractivity contribution in [2.24, 2.45) is 0 Å². The molecule has 2 atom stereocenters. The third-order valence-corrected chi connectivity index (χ3v) is 8.22. The maximum Gasteiger partial charge on any atom is 0.107 e. The summed E-state index contributed by atoms with van der Waals surface area (Å²) in [5.41, 5.74) is 1.31. The minimum Gasteiger partial charge on any atom is -0.310 e. The highest BCUT2D eigenvalue weighted by Gasteiger charge is 2.30. The van der Waals surface area contributed by atoms with Crippen LogP contribution >= 0.6 is 34.9 Å². The minimum absolute atomic E-state index is 0.514. The Morgan fingerprint density at radius 2 is 1.90 bits per heavy atom. The molecular weight excluding hydrogens is 316 g/mol. The van der Waals surface area contributed by atoms with Gasteiger partial charge in [-0.25, -0.2) is 4.98 Å². The zero-order chi connectivity index (χ0) is 15.4. The first kappa shape index (κ1) is 17.6. The van der Waals surface area contributed by atoms with E-state index in [2.05, 4.69) is 63.5 Å². The summed E-state index contributed by atoms with van der Waals surface area (Å²) in [5, 5.41) is 6.26. The third-order valence-electron chi connectivity index (χ3n) is 3.66. The van der Waals surface area contributed by atoms with Crippen LogP contribution < -0.4 is 5.32 Å². The van der Waals surface area contributed by atoms with Gasteiger partial charge < -0.3 is 5.32 Å². The van der Waals surface area contributed by atoms with Gasteiger partial charge in [-0.2, -0.15) is 11.8 Å². The molecule has 1 aromatic rings. The topological polar surface area (TPSA) is 24.9 Å². The normalized spacial score (nSPS) is 23.2. The van der Waals surface area contributed by atoms with Crippen LogP contribution in [0.25, 0.3) is 0 Å². The molecule has 0 saturated carbocycles. The average molecular weight is 345 g/mol. The number of thiazole rings is 1. The van der Waals surface area contributed by atoms with Crippen molar-refractivity contribution in [2.45, 2.75) is 70.0 Å². The Hall–Kier alpha value is 0.290. The molecule has 2 rings (SSSR count). The minimum atomic E-state index is 0.514. The summed E-state index contributed by atoms with van der Waals surface area (Å²) in [5.74, 6) is 3.08. The average Bonchev–Trinajstić information content (AvgIpc) is 2.89. The summed E-state index contributed by atoms with van der Waals surface area (Å²) in [6.45, 7) is 12.2. The van der Waals surface area contributed by atoms with Crippen LogP contribution in [0.3, 0.4) is 0 Å². The third kappa shape index (κ3) is 4.63. The number of hydrogen-bond donors (Lipinski definition) is 1. The SMILES string of the molecule is CCC1SCCSC1c1nc(C(C)C)c(CNC(C)C)s1. The highest BCUT2D eigenvalue weighted by Crippen LogP contribution is 2.46. The fraction of sp³-hybridized carbons (Fsp3) is 0.812. The second-order valence-electron chi connectivity index (χ2n) is 6.16. The highest BCUT2D eigenvalue weighted by atomic mass is 32.2. The molecule has 0 spiro atoms. The summed E-state index contributed by atoms with van der Waals surface area (Å²) in [7, 11) is 0. The van der Waals surface area contributed by atoms with Crippen molar-refractivity contribution >= 4 is 34.9 Å². The predicted molar refractivity (Wildman–Crippen MR) is 99.9 cm³/mol. The largest absolute Gasteiger partial charge is 0.310 e. The van der Waals surface area contributed by atoms with E-state index in [1.54, 1.807) is 0 Å². The van der Waals surface area contributed by atoms with E-state index >= 15 is 0 Å². The van der Waals surface area contributed by atoms with Crippen LogP contribution in [0.15, 0.2) is 0 Å². The number of hydrogen-bond acceptors (Lipinski definition) is 5. The van der Waals surface area contributed by atoms with Crippen molar-refractivity contribution in [2.75, 3.05) is 11.5 Å².